The number of hydrogen-bond acceptors (Lipinski definition) is 10. The number of rotatable bonds is 11. The summed E-state index contributed by atoms with van der Waals surface area (Å²) in [4.78, 5) is 48.0. The summed E-state index contributed by atoms with van der Waals surface area (Å²) in [5.41, 5.74) is 0.827. The second-order valence-electron chi connectivity index (χ2n) is 10.5. The minimum Gasteiger partial charge on any atom is -0.494 e. The third-order valence-corrected chi connectivity index (χ3v) is 8.86. The standard InChI is InChI=1S/C30H38N8O4S/c1-5-37(6-2)19-12-14-38(15-13-19)30(41)23-17-32-29(43-23)20-8-7-9-21(26(20)42-4)33-22-16-24(34-27(39)18-10-11-18)35-36-25(22)28(40)31-3/h7-9,16-19H,5-6,10-15H2,1-4H3,(H,31,40)(H2,33,34,35,39)/i3D3. The van der Waals surface area contributed by atoms with Gasteiger partial charge in [-0.3, -0.25) is 14.4 Å². The van der Waals surface area contributed by atoms with Crippen LogP contribution in [0.5, 0.6) is 5.75 Å². The Hall–Kier alpha value is -4.10. The quantitative estimate of drug-likeness (QED) is 0.294. The number of piperidine rings is 1. The summed E-state index contributed by atoms with van der Waals surface area (Å²) in [7, 11) is 1.48. The molecule has 1 aromatic carbocycles. The molecule has 43 heavy (non-hydrogen) atoms. The molecule has 0 unspecified atom stereocenters. The van der Waals surface area contributed by atoms with Crippen LogP contribution in [0.4, 0.5) is 17.2 Å². The molecule has 1 aliphatic heterocycles. The van der Waals surface area contributed by atoms with E-state index >= 15 is 0 Å². The first-order valence-corrected chi connectivity index (χ1v) is 15.3. The Morgan fingerprint density at radius 2 is 1.88 bits per heavy atom. The van der Waals surface area contributed by atoms with Crippen LogP contribution < -0.4 is 20.7 Å². The van der Waals surface area contributed by atoms with Gasteiger partial charge in [0.2, 0.25) is 5.91 Å². The molecule has 1 aliphatic carbocycles. The molecule has 0 atom stereocenters. The average Bonchev–Trinajstić information content (AvgIpc) is 3.77. The summed E-state index contributed by atoms with van der Waals surface area (Å²) in [5, 5.41) is 16.1. The minimum atomic E-state index is -2.76. The molecule has 228 valence electrons. The summed E-state index contributed by atoms with van der Waals surface area (Å²) in [5.74, 6) is -0.856. The Bertz CT molecular complexity index is 1580. The van der Waals surface area contributed by atoms with Crippen molar-refractivity contribution in [3.63, 3.8) is 0 Å². The van der Waals surface area contributed by atoms with Crippen molar-refractivity contribution in [2.24, 2.45) is 5.92 Å². The summed E-state index contributed by atoms with van der Waals surface area (Å²) >= 11 is 1.26. The third kappa shape index (κ3) is 6.78. The van der Waals surface area contributed by atoms with E-state index < -0.39 is 12.9 Å². The Morgan fingerprint density at radius 1 is 1.12 bits per heavy atom. The van der Waals surface area contributed by atoms with Crippen LogP contribution in [0.3, 0.4) is 0 Å². The van der Waals surface area contributed by atoms with Crippen LogP contribution in [0.25, 0.3) is 10.6 Å². The topological polar surface area (TPSA) is 142 Å². The number of likely N-dealkylation sites (tertiary alicyclic amines) is 1. The first-order valence-electron chi connectivity index (χ1n) is 16.0. The molecule has 2 aliphatic rings. The Balaban J connectivity index is 1.39. The second-order valence-corrected chi connectivity index (χ2v) is 11.5. The van der Waals surface area contributed by atoms with Gasteiger partial charge in [0.25, 0.3) is 11.8 Å². The molecule has 3 heterocycles. The predicted molar refractivity (Wildman–Crippen MR) is 166 cm³/mol. The van der Waals surface area contributed by atoms with Gasteiger partial charge in [0, 0.05) is 42.2 Å². The molecule has 3 aromatic rings. The minimum absolute atomic E-state index is 0.0523. The van der Waals surface area contributed by atoms with E-state index in [0.29, 0.717) is 46.0 Å². The normalized spacial score (nSPS) is 16.7. The summed E-state index contributed by atoms with van der Waals surface area (Å²) in [6, 6.07) is 7.17. The fourth-order valence-electron chi connectivity index (χ4n) is 5.35. The average molecular weight is 610 g/mol. The number of para-hydroxylation sites is 1. The zero-order valence-corrected chi connectivity index (χ0v) is 25.3. The fourth-order valence-corrected chi connectivity index (χ4v) is 6.25. The van der Waals surface area contributed by atoms with E-state index in [-0.39, 0.29) is 34.9 Å². The van der Waals surface area contributed by atoms with Crippen LogP contribution in [-0.4, -0.2) is 89.0 Å². The van der Waals surface area contributed by atoms with E-state index in [0.717, 1.165) is 38.8 Å². The molecule has 0 spiro atoms. The van der Waals surface area contributed by atoms with Gasteiger partial charge in [-0.05, 0) is 50.9 Å². The van der Waals surface area contributed by atoms with Crippen molar-refractivity contribution >= 4 is 46.3 Å². The van der Waals surface area contributed by atoms with Crippen LogP contribution in [-0.2, 0) is 4.79 Å². The molecule has 3 amide bonds. The highest BCUT2D eigenvalue weighted by atomic mass is 32.1. The maximum atomic E-state index is 13.4. The van der Waals surface area contributed by atoms with E-state index in [4.69, 9.17) is 8.85 Å². The van der Waals surface area contributed by atoms with Crippen molar-refractivity contribution in [2.75, 3.05) is 50.9 Å². The van der Waals surface area contributed by atoms with Crippen molar-refractivity contribution in [1.29, 1.82) is 0 Å². The largest absolute Gasteiger partial charge is 0.494 e. The molecule has 5 rings (SSSR count). The van der Waals surface area contributed by atoms with E-state index in [1.165, 1.54) is 24.5 Å². The number of nitrogens with one attached hydrogen (secondary N) is 3. The molecule has 12 nitrogen and oxygen atoms in total. The van der Waals surface area contributed by atoms with Crippen LogP contribution in [0.2, 0.25) is 0 Å². The molecule has 3 N–H and O–H groups in total. The van der Waals surface area contributed by atoms with Gasteiger partial charge in [0.1, 0.15) is 9.88 Å². The zero-order valence-electron chi connectivity index (χ0n) is 27.5. The lowest BCUT2D eigenvalue weighted by molar-refractivity contribution is -0.117. The van der Waals surface area contributed by atoms with Crippen molar-refractivity contribution in [2.45, 2.75) is 45.6 Å². The smallest absolute Gasteiger partial charge is 0.273 e. The predicted octanol–water partition coefficient (Wildman–Crippen LogP) is 4.01. The highest BCUT2D eigenvalue weighted by Crippen LogP contribution is 2.40. The number of anilines is 3. The SMILES string of the molecule is [2H]C([2H])([2H])NC(=O)c1nnc(NC(=O)C2CC2)cc1Nc1cccc(-c2ncc(C(=O)N3CCC(N(CC)CC)CC3)s2)c1OC. The third-order valence-electron chi connectivity index (χ3n) is 7.84. The van der Waals surface area contributed by atoms with Crippen LogP contribution in [0.15, 0.2) is 30.5 Å². The molecule has 13 heteroatoms. The van der Waals surface area contributed by atoms with Gasteiger partial charge in [0.15, 0.2) is 17.3 Å². The van der Waals surface area contributed by atoms with Gasteiger partial charge in [-0.25, -0.2) is 4.98 Å². The van der Waals surface area contributed by atoms with Gasteiger partial charge >= 0.3 is 0 Å². The molecular weight excluding hydrogens is 568 g/mol. The first kappa shape index (κ1) is 26.5. The van der Waals surface area contributed by atoms with Crippen molar-refractivity contribution in [3.8, 4) is 16.3 Å². The zero-order chi connectivity index (χ0) is 33.0. The monoisotopic (exact) mass is 609 g/mol. The van der Waals surface area contributed by atoms with Crippen LogP contribution >= 0.6 is 11.3 Å². The number of nitrogens with zero attached hydrogens (tertiary/aromatic N) is 5. The van der Waals surface area contributed by atoms with Crippen molar-refractivity contribution in [1.82, 2.24) is 30.3 Å². The maximum Gasteiger partial charge on any atom is 0.273 e. The molecule has 1 saturated carbocycles. The van der Waals surface area contributed by atoms with E-state index in [1.807, 2.05) is 10.2 Å². The second kappa shape index (κ2) is 13.5. The van der Waals surface area contributed by atoms with E-state index in [9.17, 15) is 14.4 Å². The molecule has 0 bridgehead atoms. The number of carbonyl (C=O) groups is 3. The number of aromatic nitrogens is 3. The number of carbonyl (C=O) groups excluding carboxylic acids is 3. The molecule has 2 aromatic heterocycles. The molecular formula is C30H38N8O4S. The summed E-state index contributed by atoms with van der Waals surface area (Å²) < 4.78 is 28.1. The number of methoxy groups -OCH3 is 1. The van der Waals surface area contributed by atoms with Crippen molar-refractivity contribution < 1.29 is 23.2 Å². The van der Waals surface area contributed by atoms with E-state index in [2.05, 4.69) is 44.6 Å². The van der Waals surface area contributed by atoms with Crippen LogP contribution in [0, 0.1) is 5.92 Å². The lowest BCUT2D eigenvalue weighted by Gasteiger charge is -2.37. The first-order chi connectivity index (χ1) is 22.0. The lowest BCUT2D eigenvalue weighted by Crippen LogP contribution is -2.46. The number of benzene rings is 1. The van der Waals surface area contributed by atoms with Gasteiger partial charge < -0.3 is 30.5 Å². The lowest BCUT2D eigenvalue weighted by atomic mass is 10.0. The maximum absolute atomic E-state index is 13.4. The fraction of sp³-hybridized carbons (Fsp3) is 0.467. The van der Waals surface area contributed by atoms with Gasteiger partial charge in [-0.1, -0.05) is 19.9 Å². The Kier molecular flexibility index (Phi) is 8.31. The van der Waals surface area contributed by atoms with Gasteiger partial charge in [-0.15, -0.1) is 21.5 Å². The molecule has 0 radical (unpaired) electrons. The molecule has 1 saturated heterocycles. The number of thiazole rings is 1. The summed E-state index contributed by atoms with van der Waals surface area (Å²) in [6.45, 7) is 4.94. The highest BCUT2D eigenvalue weighted by molar-refractivity contribution is 7.17. The van der Waals surface area contributed by atoms with Gasteiger partial charge in [0.05, 0.1) is 30.2 Å². The molecule has 2 fully saturated rings. The van der Waals surface area contributed by atoms with Crippen molar-refractivity contribution in [3.05, 3.63) is 41.0 Å². The summed E-state index contributed by atoms with van der Waals surface area (Å²) in [6.07, 6.45) is 5.02. The Labute approximate surface area is 259 Å². The highest BCUT2D eigenvalue weighted by Gasteiger charge is 2.31. The van der Waals surface area contributed by atoms with Gasteiger partial charge in [-0.2, -0.15) is 0 Å². The number of hydrogen-bond donors (Lipinski definition) is 3. The van der Waals surface area contributed by atoms with Crippen LogP contribution in [0.1, 0.15) is 63.8 Å². The van der Waals surface area contributed by atoms with E-state index in [1.54, 1.807) is 24.4 Å². The number of amides is 3. The Morgan fingerprint density at radius 3 is 2.56 bits per heavy atom. The number of ether oxygens (including phenoxy) is 1.